The van der Waals surface area contributed by atoms with Crippen molar-refractivity contribution in [2.24, 2.45) is 0 Å². The number of esters is 4. The Morgan fingerprint density at radius 2 is 0.959 bits per heavy atom. The van der Waals surface area contributed by atoms with Gasteiger partial charge in [0.25, 0.3) is 0 Å². The third-order valence-corrected chi connectivity index (χ3v) is 6.39. The highest BCUT2D eigenvalue weighted by molar-refractivity contribution is 5.90. The van der Waals surface area contributed by atoms with Crippen molar-refractivity contribution in [1.29, 1.82) is 0 Å². The van der Waals surface area contributed by atoms with Gasteiger partial charge in [-0.3, -0.25) is 4.79 Å². The monoisotopic (exact) mass is 679 g/mol. The first-order valence-corrected chi connectivity index (χ1v) is 15.2. The van der Waals surface area contributed by atoms with Crippen molar-refractivity contribution in [3.8, 4) is 0 Å². The van der Waals surface area contributed by atoms with E-state index in [-0.39, 0.29) is 38.2 Å². The Bertz CT molecular complexity index is 1490. The van der Waals surface area contributed by atoms with Crippen LogP contribution in [0.1, 0.15) is 43.9 Å². The Morgan fingerprint density at radius 1 is 0.510 bits per heavy atom. The summed E-state index contributed by atoms with van der Waals surface area (Å²) in [4.78, 5) is 74.0. The van der Waals surface area contributed by atoms with Gasteiger partial charge in [-0.05, 0) is 49.4 Å². The van der Waals surface area contributed by atoms with Crippen LogP contribution in [0.25, 0.3) is 0 Å². The summed E-state index contributed by atoms with van der Waals surface area (Å²) in [5, 5.41) is 5.52. The van der Waals surface area contributed by atoms with E-state index in [1.54, 1.807) is 91.0 Å². The summed E-state index contributed by atoms with van der Waals surface area (Å²) in [5.74, 6) is -2.49. The number of hydrogen-bond donors (Lipinski definition) is 2. The minimum Gasteiger partial charge on any atom is -0.428 e. The van der Waals surface area contributed by atoms with Crippen molar-refractivity contribution < 1.29 is 57.2 Å². The molecule has 0 radical (unpaired) electrons. The van der Waals surface area contributed by atoms with Gasteiger partial charge >= 0.3 is 36.1 Å². The lowest BCUT2D eigenvalue weighted by molar-refractivity contribution is -0.152. The molecule has 15 heteroatoms. The van der Waals surface area contributed by atoms with Crippen LogP contribution in [-0.2, 0) is 33.2 Å². The normalized spacial score (nSPS) is 10.2. The molecule has 260 valence electrons. The average molecular weight is 680 g/mol. The maximum absolute atomic E-state index is 12.8. The van der Waals surface area contributed by atoms with Crippen molar-refractivity contribution in [1.82, 2.24) is 15.5 Å². The third kappa shape index (κ3) is 15.0. The van der Waals surface area contributed by atoms with Crippen LogP contribution < -0.4 is 10.6 Å². The summed E-state index contributed by atoms with van der Waals surface area (Å²) in [6, 6.07) is 24.6. The number of alkyl carbamates (subject to hydrolysis) is 1. The Morgan fingerprint density at radius 3 is 1.47 bits per heavy atom. The molecule has 0 aliphatic rings. The summed E-state index contributed by atoms with van der Waals surface area (Å²) >= 11 is 0. The van der Waals surface area contributed by atoms with Gasteiger partial charge < -0.3 is 44.0 Å². The van der Waals surface area contributed by atoms with Crippen LogP contribution in [0.15, 0.2) is 91.0 Å². The van der Waals surface area contributed by atoms with Crippen molar-refractivity contribution in [2.75, 3.05) is 53.1 Å². The van der Waals surface area contributed by atoms with Gasteiger partial charge in [-0.25, -0.2) is 24.0 Å². The highest BCUT2D eigenvalue weighted by Crippen LogP contribution is 2.04. The van der Waals surface area contributed by atoms with Crippen LogP contribution in [0, 0.1) is 0 Å². The van der Waals surface area contributed by atoms with Crippen LogP contribution in [-0.4, -0.2) is 94.1 Å². The van der Waals surface area contributed by atoms with E-state index < -0.39 is 56.4 Å². The molecule has 3 aromatic carbocycles. The van der Waals surface area contributed by atoms with E-state index in [1.807, 2.05) is 0 Å². The molecule has 0 saturated carbocycles. The van der Waals surface area contributed by atoms with Crippen LogP contribution >= 0.6 is 0 Å². The summed E-state index contributed by atoms with van der Waals surface area (Å²) in [7, 11) is 0. The number of carbonyl (C=O) groups excluding carboxylic acids is 6. The molecule has 0 unspecified atom stereocenters. The average Bonchev–Trinajstić information content (AvgIpc) is 3.13. The molecule has 49 heavy (non-hydrogen) atoms. The van der Waals surface area contributed by atoms with E-state index in [4.69, 9.17) is 28.4 Å². The number of carbonyl (C=O) groups is 6. The van der Waals surface area contributed by atoms with Crippen molar-refractivity contribution in [2.45, 2.75) is 12.8 Å². The Kier molecular flexibility index (Phi) is 16.7. The minimum atomic E-state index is -0.884. The number of benzene rings is 3. The second kappa shape index (κ2) is 21.8. The van der Waals surface area contributed by atoms with Crippen molar-refractivity contribution >= 4 is 36.1 Å². The summed E-state index contributed by atoms with van der Waals surface area (Å²) in [6.07, 6.45) is -1.25. The summed E-state index contributed by atoms with van der Waals surface area (Å²) < 4.78 is 29.7. The number of ether oxygens (including phenoxy) is 6. The maximum atomic E-state index is 12.8. The van der Waals surface area contributed by atoms with Gasteiger partial charge in [-0.2, -0.15) is 0 Å². The molecule has 3 aromatic rings. The molecule has 0 bridgehead atoms. The molecule has 3 rings (SSSR count). The van der Waals surface area contributed by atoms with E-state index >= 15 is 0 Å². The molecule has 0 aliphatic carbocycles. The molecule has 0 spiro atoms. The zero-order chi connectivity index (χ0) is 35.1. The molecular formula is C34H37N3O12. The standard InChI is InChI=1S/C34H37N3O12/c38-29(44-23-45-30(39)26-11-4-1-5-12-26)17-10-18-35-19-21-37(34(43)49-25-47-32(41)28-15-8-3-9-16-28)22-20-36-33(42)48-24-46-31(40)27-13-6-2-7-14-27/h1-9,11-16,35H,10,17-25H2,(H,36,42). The quantitative estimate of drug-likeness (QED) is 0.0813. The number of amides is 2. The molecule has 0 aromatic heterocycles. The molecule has 0 aliphatic heterocycles. The fraction of sp³-hybridized carbons (Fsp3) is 0.294. The van der Waals surface area contributed by atoms with Gasteiger partial charge in [0, 0.05) is 32.6 Å². The largest absolute Gasteiger partial charge is 0.428 e. The van der Waals surface area contributed by atoms with Crippen LogP contribution in [0.5, 0.6) is 0 Å². The fourth-order valence-electron chi connectivity index (χ4n) is 3.89. The van der Waals surface area contributed by atoms with Crippen molar-refractivity contribution in [3.63, 3.8) is 0 Å². The molecule has 0 atom stereocenters. The number of nitrogens with one attached hydrogen (secondary N) is 2. The van der Waals surface area contributed by atoms with E-state index in [1.165, 1.54) is 4.90 Å². The first-order valence-electron chi connectivity index (χ1n) is 15.2. The van der Waals surface area contributed by atoms with Gasteiger partial charge in [-0.1, -0.05) is 54.6 Å². The second-order valence-electron chi connectivity index (χ2n) is 9.87. The first kappa shape index (κ1) is 37.5. The van der Waals surface area contributed by atoms with E-state index in [0.29, 0.717) is 24.1 Å². The second-order valence-corrected chi connectivity index (χ2v) is 9.87. The molecule has 2 amide bonds. The maximum Gasteiger partial charge on any atom is 0.412 e. The lowest BCUT2D eigenvalue weighted by atomic mass is 10.2. The molecule has 0 saturated heterocycles. The SMILES string of the molecule is O=C(CCCNCCN(CCNC(=O)OCOC(=O)c1ccccc1)C(=O)OCOC(=O)c1ccccc1)OCOC(=O)c1ccccc1. The lowest BCUT2D eigenvalue weighted by Crippen LogP contribution is -2.42. The van der Waals surface area contributed by atoms with Gasteiger partial charge in [0.15, 0.2) is 0 Å². The Labute approximate surface area is 282 Å². The molecular weight excluding hydrogens is 642 g/mol. The van der Waals surface area contributed by atoms with E-state index in [0.717, 1.165) is 0 Å². The molecule has 0 heterocycles. The van der Waals surface area contributed by atoms with Crippen LogP contribution in [0.4, 0.5) is 9.59 Å². The van der Waals surface area contributed by atoms with Gasteiger partial charge in [0.2, 0.25) is 20.4 Å². The highest BCUT2D eigenvalue weighted by atomic mass is 16.7. The first-order chi connectivity index (χ1) is 23.8. The van der Waals surface area contributed by atoms with Gasteiger partial charge in [0.1, 0.15) is 0 Å². The Hall–Kier alpha value is -5.96. The topological polar surface area (TPSA) is 185 Å². The third-order valence-electron chi connectivity index (χ3n) is 6.39. The molecule has 0 fully saturated rings. The zero-order valence-electron chi connectivity index (χ0n) is 26.6. The van der Waals surface area contributed by atoms with Crippen LogP contribution in [0.2, 0.25) is 0 Å². The fourth-order valence-corrected chi connectivity index (χ4v) is 3.89. The Balaban J connectivity index is 1.35. The lowest BCUT2D eigenvalue weighted by Gasteiger charge is -2.22. The molecule has 2 N–H and O–H groups in total. The number of hydrogen-bond acceptors (Lipinski definition) is 13. The van der Waals surface area contributed by atoms with Gasteiger partial charge in [0.05, 0.1) is 16.7 Å². The predicted molar refractivity (Wildman–Crippen MR) is 171 cm³/mol. The minimum absolute atomic E-state index is 0.0138. The van der Waals surface area contributed by atoms with Gasteiger partial charge in [-0.15, -0.1) is 0 Å². The number of rotatable bonds is 19. The van der Waals surface area contributed by atoms with Crippen LogP contribution in [0.3, 0.4) is 0 Å². The number of nitrogens with zero attached hydrogens (tertiary/aromatic N) is 1. The highest BCUT2D eigenvalue weighted by Gasteiger charge is 2.17. The predicted octanol–water partition coefficient (Wildman–Crippen LogP) is 3.51. The van der Waals surface area contributed by atoms with Crippen molar-refractivity contribution in [3.05, 3.63) is 108 Å². The van der Waals surface area contributed by atoms with E-state index in [9.17, 15) is 28.8 Å². The van der Waals surface area contributed by atoms with E-state index in [2.05, 4.69) is 10.6 Å². The smallest absolute Gasteiger partial charge is 0.412 e. The summed E-state index contributed by atoms with van der Waals surface area (Å²) in [5.41, 5.74) is 0.922. The zero-order valence-corrected chi connectivity index (χ0v) is 26.6. The molecule has 15 nitrogen and oxygen atoms in total. The summed E-state index contributed by atoms with van der Waals surface area (Å²) in [6.45, 7) is -1.03.